The average molecular weight is 166 g/mol. The van der Waals surface area contributed by atoms with E-state index in [-0.39, 0.29) is 5.57 Å². The molecule has 4 heteroatoms. The molecular weight excluding hydrogens is 157 g/mol. The molecule has 11 heavy (non-hydrogen) atoms. The molecule has 0 heterocycles. The van der Waals surface area contributed by atoms with Crippen LogP contribution in [0.15, 0.2) is 11.1 Å². The Morgan fingerprint density at radius 2 is 1.45 bits per heavy atom. The Labute approximate surface area is 62.9 Å². The maximum Gasteiger partial charge on any atom is 0.412 e. The smallest absolute Gasteiger partial charge is 0.295 e. The minimum atomic E-state index is -4.38. The molecule has 0 bridgehead atoms. The van der Waals surface area contributed by atoms with Gasteiger partial charge in [0.05, 0.1) is 0 Å². The normalized spacial score (nSPS) is 14.4. The van der Waals surface area contributed by atoms with Gasteiger partial charge >= 0.3 is 6.18 Å². The SMILES string of the molecule is CC(=O)/C(C)=C(\C)C(F)(F)F. The third-order valence-corrected chi connectivity index (χ3v) is 1.52. The minimum absolute atomic E-state index is 0.225. The first-order valence-corrected chi connectivity index (χ1v) is 3.02. The van der Waals surface area contributed by atoms with E-state index in [4.69, 9.17) is 0 Å². The van der Waals surface area contributed by atoms with Crippen LogP contribution in [0.3, 0.4) is 0 Å². The highest BCUT2D eigenvalue weighted by molar-refractivity contribution is 5.93. The molecular formula is C7H9F3O. The summed E-state index contributed by atoms with van der Waals surface area (Å²) in [6.07, 6.45) is -4.38. The molecule has 0 aromatic rings. The van der Waals surface area contributed by atoms with Crippen molar-refractivity contribution in [1.29, 1.82) is 0 Å². The fraction of sp³-hybridized carbons (Fsp3) is 0.571. The number of allylic oxidation sites excluding steroid dienone is 2. The zero-order chi connectivity index (χ0) is 9.23. The van der Waals surface area contributed by atoms with Crippen molar-refractivity contribution in [3.8, 4) is 0 Å². The van der Waals surface area contributed by atoms with Gasteiger partial charge in [-0.05, 0) is 26.3 Å². The zero-order valence-electron chi connectivity index (χ0n) is 6.54. The molecule has 0 saturated carbocycles. The second-order valence-electron chi connectivity index (χ2n) is 2.30. The van der Waals surface area contributed by atoms with Gasteiger partial charge in [0.15, 0.2) is 5.78 Å². The highest BCUT2D eigenvalue weighted by atomic mass is 19.4. The summed E-state index contributed by atoms with van der Waals surface area (Å²) in [5.41, 5.74) is -1.04. The summed E-state index contributed by atoms with van der Waals surface area (Å²) in [6.45, 7) is 3.19. The summed E-state index contributed by atoms with van der Waals surface area (Å²) in [6, 6.07) is 0. The molecule has 0 aromatic carbocycles. The second-order valence-corrected chi connectivity index (χ2v) is 2.30. The number of hydrogen-bond acceptors (Lipinski definition) is 1. The molecule has 0 unspecified atom stereocenters. The van der Waals surface area contributed by atoms with E-state index >= 15 is 0 Å². The van der Waals surface area contributed by atoms with E-state index in [1.54, 1.807) is 0 Å². The van der Waals surface area contributed by atoms with Crippen molar-refractivity contribution >= 4 is 5.78 Å². The maximum atomic E-state index is 11.8. The summed E-state index contributed by atoms with van der Waals surface area (Å²) < 4.78 is 35.5. The number of carbonyl (C=O) groups excluding carboxylic acids is 1. The van der Waals surface area contributed by atoms with E-state index in [9.17, 15) is 18.0 Å². The second kappa shape index (κ2) is 3.07. The first-order valence-electron chi connectivity index (χ1n) is 3.02. The molecule has 0 amide bonds. The summed E-state index contributed by atoms with van der Waals surface area (Å²) in [4.78, 5) is 10.5. The van der Waals surface area contributed by atoms with Gasteiger partial charge in [-0.1, -0.05) is 0 Å². The lowest BCUT2D eigenvalue weighted by Crippen LogP contribution is -2.13. The standard InChI is InChI=1S/C7H9F3O/c1-4(6(3)11)5(2)7(8,9)10/h1-3H3/b5-4+. The van der Waals surface area contributed by atoms with Crippen LogP contribution in [-0.2, 0) is 4.79 Å². The molecule has 0 aliphatic rings. The third-order valence-electron chi connectivity index (χ3n) is 1.52. The van der Waals surface area contributed by atoms with Crippen LogP contribution >= 0.6 is 0 Å². The molecule has 0 spiro atoms. The molecule has 0 aliphatic carbocycles. The quantitative estimate of drug-likeness (QED) is 0.547. The first-order chi connectivity index (χ1) is 4.76. The van der Waals surface area contributed by atoms with Crippen LogP contribution < -0.4 is 0 Å². The van der Waals surface area contributed by atoms with Crippen LogP contribution in [0.1, 0.15) is 20.8 Å². The van der Waals surface area contributed by atoms with Gasteiger partial charge in [-0.2, -0.15) is 13.2 Å². The Morgan fingerprint density at radius 3 is 1.55 bits per heavy atom. The third kappa shape index (κ3) is 2.74. The lowest BCUT2D eigenvalue weighted by Gasteiger charge is -2.08. The van der Waals surface area contributed by atoms with Crippen molar-refractivity contribution in [3.05, 3.63) is 11.1 Å². The van der Waals surface area contributed by atoms with E-state index in [1.807, 2.05) is 0 Å². The van der Waals surface area contributed by atoms with Crippen molar-refractivity contribution in [2.45, 2.75) is 26.9 Å². The summed E-state index contributed by atoms with van der Waals surface area (Å²) >= 11 is 0. The van der Waals surface area contributed by atoms with Crippen LogP contribution in [0.25, 0.3) is 0 Å². The number of ketones is 1. The number of Topliss-reactive ketones (excluding diaryl/α,β-unsaturated/α-hetero) is 1. The van der Waals surface area contributed by atoms with Gasteiger partial charge in [0, 0.05) is 5.57 Å². The van der Waals surface area contributed by atoms with Crippen LogP contribution in [0.5, 0.6) is 0 Å². The molecule has 0 saturated heterocycles. The molecule has 0 N–H and O–H groups in total. The first kappa shape index (κ1) is 10.2. The van der Waals surface area contributed by atoms with E-state index in [0.29, 0.717) is 0 Å². The van der Waals surface area contributed by atoms with Gasteiger partial charge in [0.2, 0.25) is 0 Å². The molecule has 0 radical (unpaired) electrons. The van der Waals surface area contributed by atoms with Crippen molar-refractivity contribution < 1.29 is 18.0 Å². The fourth-order valence-corrected chi connectivity index (χ4v) is 0.477. The van der Waals surface area contributed by atoms with Crippen LogP contribution in [0.2, 0.25) is 0 Å². The lowest BCUT2D eigenvalue weighted by molar-refractivity contribution is -0.115. The molecule has 0 atom stereocenters. The van der Waals surface area contributed by atoms with E-state index in [2.05, 4.69) is 0 Å². The van der Waals surface area contributed by atoms with Gasteiger partial charge in [-0.15, -0.1) is 0 Å². The summed E-state index contributed by atoms with van der Waals surface area (Å²) in [5, 5.41) is 0. The summed E-state index contributed by atoms with van der Waals surface area (Å²) in [5.74, 6) is -0.542. The van der Waals surface area contributed by atoms with Crippen LogP contribution in [0, 0.1) is 0 Å². The monoisotopic (exact) mass is 166 g/mol. The van der Waals surface area contributed by atoms with Gasteiger partial charge in [0.25, 0.3) is 0 Å². The van der Waals surface area contributed by atoms with Crippen molar-refractivity contribution in [2.75, 3.05) is 0 Å². The van der Waals surface area contributed by atoms with Crippen molar-refractivity contribution in [3.63, 3.8) is 0 Å². The molecule has 0 aromatic heterocycles. The number of alkyl halides is 3. The molecule has 0 rings (SSSR count). The fourth-order valence-electron chi connectivity index (χ4n) is 0.477. The van der Waals surface area contributed by atoms with Gasteiger partial charge < -0.3 is 0 Å². The Kier molecular flexibility index (Phi) is 2.84. The molecule has 1 nitrogen and oxygen atoms in total. The number of hydrogen-bond donors (Lipinski definition) is 0. The Morgan fingerprint density at radius 1 is 1.09 bits per heavy atom. The van der Waals surface area contributed by atoms with E-state index in [0.717, 1.165) is 13.8 Å². The van der Waals surface area contributed by atoms with Gasteiger partial charge in [-0.3, -0.25) is 4.79 Å². The highest BCUT2D eigenvalue weighted by Crippen LogP contribution is 2.27. The maximum absolute atomic E-state index is 11.8. The topological polar surface area (TPSA) is 17.1 Å². The predicted molar refractivity (Wildman–Crippen MR) is 35.1 cm³/mol. The van der Waals surface area contributed by atoms with Gasteiger partial charge in [0.1, 0.15) is 0 Å². The molecule has 64 valence electrons. The minimum Gasteiger partial charge on any atom is -0.295 e. The van der Waals surface area contributed by atoms with Gasteiger partial charge in [-0.25, -0.2) is 0 Å². The van der Waals surface area contributed by atoms with Crippen LogP contribution in [-0.4, -0.2) is 12.0 Å². The zero-order valence-corrected chi connectivity index (χ0v) is 6.54. The number of halogens is 3. The Hall–Kier alpha value is -0.800. The van der Waals surface area contributed by atoms with E-state index < -0.39 is 17.5 Å². The number of carbonyl (C=O) groups is 1. The predicted octanol–water partition coefficient (Wildman–Crippen LogP) is 2.47. The molecule has 0 aliphatic heterocycles. The number of rotatable bonds is 1. The average Bonchev–Trinajstić information content (AvgIpc) is 1.82. The summed E-state index contributed by atoms with van der Waals surface area (Å²) in [7, 11) is 0. The Bertz CT molecular complexity index is 200. The Balaban J connectivity index is 4.82. The van der Waals surface area contributed by atoms with Crippen molar-refractivity contribution in [2.24, 2.45) is 0 Å². The highest BCUT2D eigenvalue weighted by Gasteiger charge is 2.32. The lowest BCUT2D eigenvalue weighted by atomic mass is 10.1. The van der Waals surface area contributed by atoms with Crippen molar-refractivity contribution in [1.82, 2.24) is 0 Å². The molecule has 0 fully saturated rings. The van der Waals surface area contributed by atoms with E-state index in [1.165, 1.54) is 6.92 Å². The van der Waals surface area contributed by atoms with Crippen LogP contribution in [0.4, 0.5) is 13.2 Å². The largest absolute Gasteiger partial charge is 0.412 e.